The molecule has 2 N–H and O–H groups in total. The fourth-order valence-corrected chi connectivity index (χ4v) is 1.79. The first-order valence-electron chi connectivity index (χ1n) is 5.06. The van der Waals surface area contributed by atoms with Gasteiger partial charge in [-0.15, -0.1) is 0 Å². The molecule has 1 aromatic heterocycles. The van der Waals surface area contributed by atoms with Crippen molar-refractivity contribution in [2.24, 2.45) is 7.05 Å². The lowest BCUT2D eigenvalue weighted by Gasteiger charge is -2.04. The van der Waals surface area contributed by atoms with Crippen LogP contribution in [0.2, 0.25) is 0 Å². The second-order valence-electron chi connectivity index (χ2n) is 3.93. The summed E-state index contributed by atoms with van der Waals surface area (Å²) in [7, 11) is 1.84. The Labute approximate surface area is 93.7 Å². The van der Waals surface area contributed by atoms with Crippen LogP contribution in [0.15, 0.2) is 18.2 Å². The Balaban J connectivity index is 2.63. The molecule has 2 rings (SSSR count). The Morgan fingerprint density at radius 2 is 2.00 bits per heavy atom. The highest BCUT2D eigenvalue weighted by Gasteiger charge is 2.13. The summed E-state index contributed by atoms with van der Waals surface area (Å²) in [5.74, 6) is 0.273. The molecule has 0 saturated heterocycles. The molecule has 1 heterocycles. The predicted octanol–water partition coefficient (Wildman–Crippen LogP) is 2.43. The van der Waals surface area contributed by atoms with E-state index in [0.29, 0.717) is 11.4 Å². The number of benzene rings is 1. The summed E-state index contributed by atoms with van der Waals surface area (Å²) >= 11 is 0. The molecule has 4 heteroatoms. The number of hydrogen-bond donors (Lipinski definition) is 1. The number of halogens is 1. The summed E-state index contributed by atoms with van der Waals surface area (Å²) in [4.78, 5) is 0. The van der Waals surface area contributed by atoms with Gasteiger partial charge in [-0.3, -0.25) is 4.68 Å². The zero-order chi connectivity index (χ0) is 11.9. The number of nitrogens with zero attached hydrogens (tertiary/aromatic N) is 2. The van der Waals surface area contributed by atoms with Crippen LogP contribution in [0.4, 0.5) is 10.2 Å². The fraction of sp³-hybridized carbons (Fsp3) is 0.250. The molecule has 0 aliphatic carbocycles. The Kier molecular flexibility index (Phi) is 2.42. The summed E-state index contributed by atoms with van der Waals surface area (Å²) < 4.78 is 14.9. The monoisotopic (exact) mass is 219 g/mol. The van der Waals surface area contributed by atoms with E-state index in [1.165, 1.54) is 6.07 Å². The highest BCUT2D eigenvalue weighted by atomic mass is 19.1. The molecule has 0 saturated carbocycles. The average Bonchev–Trinajstić information content (AvgIpc) is 2.47. The molecule has 2 aromatic rings. The van der Waals surface area contributed by atoms with Crippen molar-refractivity contribution < 1.29 is 4.39 Å². The lowest BCUT2D eigenvalue weighted by molar-refractivity contribution is 0.619. The minimum atomic E-state index is -0.205. The van der Waals surface area contributed by atoms with Crippen LogP contribution >= 0.6 is 0 Å². The SMILES string of the molecule is Cc1cc(-c2c(N)nn(C)c2C)ccc1F. The maximum absolute atomic E-state index is 13.2. The summed E-state index contributed by atoms with van der Waals surface area (Å²) in [6.07, 6.45) is 0. The lowest BCUT2D eigenvalue weighted by atomic mass is 10.0. The number of hydrogen-bond acceptors (Lipinski definition) is 2. The predicted molar refractivity (Wildman–Crippen MR) is 62.5 cm³/mol. The van der Waals surface area contributed by atoms with Crippen molar-refractivity contribution in [1.82, 2.24) is 9.78 Å². The van der Waals surface area contributed by atoms with Gasteiger partial charge in [0.2, 0.25) is 0 Å². The maximum Gasteiger partial charge on any atom is 0.153 e. The van der Waals surface area contributed by atoms with Crippen LogP contribution in [0.1, 0.15) is 11.3 Å². The van der Waals surface area contributed by atoms with Gasteiger partial charge in [-0.2, -0.15) is 5.10 Å². The number of anilines is 1. The molecule has 0 aliphatic rings. The van der Waals surface area contributed by atoms with E-state index in [9.17, 15) is 4.39 Å². The van der Waals surface area contributed by atoms with Gasteiger partial charge < -0.3 is 5.73 Å². The van der Waals surface area contributed by atoms with Gasteiger partial charge >= 0.3 is 0 Å². The van der Waals surface area contributed by atoms with Crippen molar-refractivity contribution in [2.75, 3.05) is 5.73 Å². The number of aryl methyl sites for hydroxylation is 2. The molecule has 0 spiro atoms. The van der Waals surface area contributed by atoms with Crippen molar-refractivity contribution in [3.05, 3.63) is 35.3 Å². The van der Waals surface area contributed by atoms with Crippen LogP contribution in [-0.2, 0) is 7.05 Å². The zero-order valence-corrected chi connectivity index (χ0v) is 9.58. The smallest absolute Gasteiger partial charge is 0.153 e. The Morgan fingerprint density at radius 1 is 1.31 bits per heavy atom. The molecule has 0 radical (unpaired) electrons. The van der Waals surface area contributed by atoms with Crippen molar-refractivity contribution in [2.45, 2.75) is 13.8 Å². The lowest BCUT2D eigenvalue weighted by Crippen LogP contribution is -1.93. The van der Waals surface area contributed by atoms with Crippen LogP contribution in [0, 0.1) is 19.7 Å². The summed E-state index contributed by atoms with van der Waals surface area (Å²) in [6.45, 7) is 3.68. The zero-order valence-electron chi connectivity index (χ0n) is 9.58. The third kappa shape index (κ3) is 1.56. The maximum atomic E-state index is 13.2. The van der Waals surface area contributed by atoms with Gasteiger partial charge in [0.25, 0.3) is 0 Å². The van der Waals surface area contributed by atoms with Crippen LogP contribution < -0.4 is 5.73 Å². The van der Waals surface area contributed by atoms with Crippen LogP contribution in [0.5, 0.6) is 0 Å². The van der Waals surface area contributed by atoms with Crippen molar-refractivity contribution in [1.29, 1.82) is 0 Å². The second-order valence-corrected chi connectivity index (χ2v) is 3.93. The second kappa shape index (κ2) is 3.63. The van der Waals surface area contributed by atoms with E-state index in [1.807, 2.05) is 14.0 Å². The van der Waals surface area contributed by atoms with Gasteiger partial charge in [0, 0.05) is 18.3 Å². The molecule has 0 fully saturated rings. The highest BCUT2D eigenvalue weighted by molar-refractivity contribution is 5.76. The van der Waals surface area contributed by atoms with Gasteiger partial charge in [-0.05, 0) is 37.1 Å². The molecule has 0 bridgehead atoms. The van der Waals surface area contributed by atoms with E-state index in [2.05, 4.69) is 5.10 Å². The number of nitrogen functional groups attached to an aromatic ring is 1. The first-order chi connectivity index (χ1) is 7.50. The molecule has 1 aromatic carbocycles. The highest BCUT2D eigenvalue weighted by Crippen LogP contribution is 2.29. The Bertz CT molecular complexity index is 543. The first kappa shape index (κ1) is 10.7. The van der Waals surface area contributed by atoms with E-state index < -0.39 is 0 Å². The summed E-state index contributed by atoms with van der Waals surface area (Å²) in [5, 5.41) is 4.14. The summed E-state index contributed by atoms with van der Waals surface area (Å²) in [6, 6.07) is 4.97. The van der Waals surface area contributed by atoms with Gasteiger partial charge in [0.05, 0.1) is 0 Å². The average molecular weight is 219 g/mol. The van der Waals surface area contributed by atoms with E-state index in [4.69, 9.17) is 5.73 Å². The summed E-state index contributed by atoms with van der Waals surface area (Å²) in [5.41, 5.74) is 9.21. The van der Waals surface area contributed by atoms with Gasteiger partial charge in [-0.25, -0.2) is 4.39 Å². The molecule has 16 heavy (non-hydrogen) atoms. The van der Waals surface area contributed by atoms with Crippen LogP contribution in [0.25, 0.3) is 11.1 Å². The number of nitrogens with two attached hydrogens (primary N) is 1. The molecule has 0 unspecified atom stereocenters. The van der Waals surface area contributed by atoms with Gasteiger partial charge in [-0.1, -0.05) is 6.07 Å². The number of aromatic nitrogens is 2. The third-order valence-corrected chi connectivity index (χ3v) is 2.81. The molecule has 0 atom stereocenters. The topological polar surface area (TPSA) is 43.8 Å². The largest absolute Gasteiger partial charge is 0.382 e. The van der Waals surface area contributed by atoms with Crippen molar-refractivity contribution in [3.8, 4) is 11.1 Å². The Hall–Kier alpha value is -1.84. The molecule has 84 valence electrons. The van der Waals surface area contributed by atoms with Crippen LogP contribution in [-0.4, -0.2) is 9.78 Å². The molecule has 3 nitrogen and oxygen atoms in total. The Morgan fingerprint density at radius 3 is 2.50 bits per heavy atom. The third-order valence-electron chi connectivity index (χ3n) is 2.81. The van der Waals surface area contributed by atoms with Crippen molar-refractivity contribution in [3.63, 3.8) is 0 Å². The molecular formula is C12H14FN3. The normalized spacial score (nSPS) is 10.8. The van der Waals surface area contributed by atoms with Crippen molar-refractivity contribution >= 4 is 5.82 Å². The van der Waals surface area contributed by atoms with Gasteiger partial charge in [0.15, 0.2) is 5.82 Å². The fourth-order valence-electron chi connectivity index (χ4n) is 1.79. The molecular weight excluding hydrogens is 205 g/mol. The standard InChI is InChI=1S/C12H14FN3/c1-7-6-9(4-5-10(7)13)11-8(2)16(3)15-12(11)14/h4-6H,1-3H3,(H2,14,15). The van der Waals surface area contributed by atoms with E-state index in [0.717, 1.165) is 16.8 Å². The minimum absolute atomic E-state index is 0.205. The van der Waals surface area contributed by atoms with Gasteiger partial charge in [0.1, 0.15) is 5.82 Å². The van der Waals surface area contributed by atoms with E-state index in [-0.39, 0.29) is 5.82 Å². The van der Waals surface area contributed by atoms with E-state index >= 15 is 0 Å². The number of rotatable bonds is 1. The molecule has 0 amide bonds. The van der Waals surface area contributed by atoms with E-state index in [1.54, 1.807) is 23.7 Å². The van der Waals surface area contributed by atoms with Crippen LogP contribution in [0.3, 0.4) is 0 Å². The first-order valence-corrected chi connectivity index (χ1v) is 5.06. The molecule has 0 aliphatic heterocycles. The minimum Gasteiger partial charge on any atom is -0.382 e. The quantitative estimate of drug-likeness (QED) is 0.800.